The van der Waals surface area contributed by atoms with Crippen LogP contribution in [0, 0.1) is 5.82 Å². The van der Waals surface area contributed by atoms with Gasteiger partial charge < -0.3 is 11.9 Å². The number of nitrogens with zero attached hydrogens (tertiary/aromatic N) is 3. The Labute approximate surface area is 115 Å². The molecular formula is C14H17FN5+. The first-order valence-corrected chi connectivity index (χ1v) is 6.03. The van der Waals surface area contributed by atoms with E-state index in [-0.39, 0.29) is 12.0 Å². The lowest BCUT2D eigenvalue weighted by atomic mass is 10.2. The van der Waals surface area contributed by atoms with Crippen LogP contribution in [-0.4, -0.2) is 14.8 Å². The summed E-state index contributed by atoms with van der Waals surface area (Å²) < 4.78 is 15.4. The number of nitrogens with two attached hydrogens (primary N) is 1. The topological polar surface area (TPSA) is 93.2 Å². The second kappa shape index (κ2) is 5.77. The van der Waals surface area contributed by atoms with E-state index in [2.05, 4.69) is 10.1 Å². The zero-order valence-corrected chi connectivity index (χ0v) is 11.3. The molecule has 0 fully saturated rings. The van der Waals surface area contributed by atoms with Gasteiger partial charge in [-0.2, -0.15) is 5.10 Å². The van der Waals surface area contributed by atoms with Crippen LogP contribution in [0.2, 0.25) is 0 Å². The minimum absolute atomic E-state index is 0. The van der Waals surface area contributed by atoms with E-state index in [9.17, 15) is 4.39 Å². The van der Waals surface area contributed by atoms with Crippen molar-refractivity contribution in [2.45, 2.75) is 13.1 Å². The molecule has 0 radical (unpaired) electrons. The number of hydrogen-bond donors (Lipinski definition) is 2. The Morgan fingerprint density at radius 2 is 1.95 bits per heavy atom. The van der Waals surface area contributed by atoms with Crippen molar-refractivity contribution in [2.24, 2.45) is 5.73 Å². The van der Waals surface area contributed by atoms with Crippen LogP contribution >= 0.6 is 0 Å². The lowest BCUT2D eigenvalue weighted by Gasteiger charge is -2.04. The van der Waals surface area contributed by atoms with E-state index < -0.39 is 0 Å². The first-order valence-electron chi connectivity index (χ1n) is 6.03. The van der Waals surface area contributed by atoms with Gasteiger partial charge in [-0.3, -0.25) is 0 Å². The van der Waals surface area contributed by atoms with Crippen LogP contribution in [0.5, 0.6) is 0 Å². The van der Waals surface area contributed by atoms with Crippen molar-refractivity contribution in [2.75, 3.05) is 0 Å². The number of quaternary nitrogens is 1. The highest BCUT2D eigenvalue weighted by atomic mass is 19.1. The molecule has 20 heavy (non-hydrogen) atoms. The highest BCUT2D eigenvalue weighted by Gasteiger charge is 2.11. The van der Waals surface area contributed by atoms with Crippen molar-refractivity contribution in [3.05, 3.63) is 59.7 Å². The summed E-state index contributed by atoms with van der Waals surface area (Å²) >= 11 is 0. The predicted molar refractivity (Wildman–Crippen MR) is 76.9 cm³/mol. The SMILES string of the molecule is NCc1nn(Cc2ccccc2F)c2ncccc12.[NH4+]. The molecule has 0 bridgehead atoms. The van der Waals surface area contributed by atoms with Crippen LogP contribution in [0.15, 0.2) is 42.6 Å². The summed E-state index contributed by atoms with van der Waals surface area (Å²) in [6, 6.07) is 10.4. The van der Waals surface area contributed by atoms with E-state index in [0.717, 1.165) is 16.7 Å². The molecule has 6 heteroatoms. The molecule has 0 saturated heterocycles. The van der Waals surface area contributed by atoms with Gasteiger partial charge in [0.05, 0.1) is 12.2 Å². The van der Waals surface area contributed by atoms with E-state index >= 15 is 0 Å². The normalized spacial score (nSPS) is 10.5. The van der Waals surface area contributed by atoms with Gasteiger partial charge in [-0.15, -0.1) is 0 Å². The molecule has 0 spiro atoms. The first-order chi connectivity index (χ1) is 9.29. The van der Waals surface area contributed by atoms with Crippen molar-refractivity contribution in [3.63, 3.8) is 0 Å². The lowest BCUT2D eigenvalue weighted by Crippen LogP contribution is -2.05. The summed E-state index contributed by atoms with van der Waals surface area (Å²) in [7, 11) is 0. The van der Waals surface area contributed by atoms with E-state index in [1.165, 1.54) is 6.07 Å². The van der Waals surface area contributed by atoms with Crippen molar-refractivity contribution < 1.29 is 4.39 Å². The standard InChI is InChI=1S/C14H13FN4.H3N/c15-12-6-2-1-4-10(12)9-19-14-11(5-3-7-17-14)13(8-16)18-19;/h1-7H,8-9,16H2;1H3/p+1. The minimum Gasteiger partial charge on any atom is -0.369 e. The van der Waals surface area contributed by atoms with Gasteiger partial charge in [-0.05, 0) is 18.2 Å². The third-order valence-corrected chi connectivity index (χ3v) is 3.05. The summed E-state index contributed by atoms with van der Waals surface area (Å²) in [4.78, 5) is 4.30. The van der Waals surface area contributed by atoms with Crippen molar-refractivity contribution in [1.29, 1.82) is 0 Å². The fourth-order valence-corrected chi connectivity index (χ4v) is 2.12. The summed E-state index contributed by atoms with van der Waals surface area (Å²) in [6.45, 7) is 0.687. The fraction of sp³-hybridized carbons (Fsp3) is 0.143. The summed E-state index contributed by atoms with van der Waals surface area (Å²) in [6.07, 6.45) is 1.70. The van der Waals surface area contributed by atoms with Gasteiger partial charge in [-0.25, -0.2) is 14.1 Å². The van der Waals surface area contributed by atoms with Crippen LogP contribution in [-0.2, 0) is 13.1 Å². The van der Waals surface area contributed by atoms with Crippen molar-refractivity contribution >= 4 is 11.0 Å². The Kier molecular flexibility index (Phi) is 4.07. The third-order valence-electron chi connectivity index (χ3n) is 3.05. The Hall–Kier alpha value is -2.31. The molecule has 0 unspecified atom stereocenters. The summed E-state index contributed by atoms with van der Waals surface area (Å²) in [5.41, 5.74) is 7.76. The Balaban J connectivity index is 0.00000147. The smallest absolute Gasteiger partial charge is 0.158 e. The number of halogens is 1. The Morgan fingerprint density at radius 3 is 2.70 bits per heavy atom. The number of fused-ring (bicyclic) bond motifs is 1. The van der Waals surface area contributed by atoms with Gasteiger partial charge in [0.25, 0.3) is 0 Å². The zero-order chi connectivity index (χ0) is 13.2. The van der Waals surface area contributed by atoms with E-state index in [0.29, 0.717) is 18.7 Å². The lowest BCUT2D eigenvalue weighted by molar-refractivity contribution is 0.587. The van der Waals surface area contributed by atoms with Gasteiger partial charge in [0.2, 0.25) is 0 Å². The zero-order valence-electron chi connectivity index (χ0n) is 11.3. The number of aromatic nitrogens is 3. The third kappa shape index (κ3) is 2.38. The van der Waals surface area contributed by atoms with Crippen LogP contribution in [0.4, 0.5) is 4.39 Å². The van der Waals surface area contributed by atoms with Crippen LogP contribution in [0.1, 0.15) is 11.3 Å². The molecule has 0 atom stereocenters. The van der Waals surface area contributed by atoms with E-state index in [1.807, 2.05) is 12.1 Å². The number of rotatable bonds is 3. The number of benzene rings is 1. The molecule has 5 nitrogen and oxygen atoms in total. The van der Waals surface area contributed by atoms with E-state index in [4.69, 9.17) is 5.73 Å². The van der Waals surface area contributed by atoms with Crippen LogP contribution in [0.3, 0.4) is 0 Å². The fourth-order valence-electron chi connectivity index (χ4n) is 2.12. The highest BCUT2D eigenvalue weighted by Crippen LogP contribution is 2.17. The highest BCUT2D eigenvalue weighted by molar-refractivity contribution is 5.78. The monoisotopic (exact) mass is 274 g/mol. The van der Waals surface area contributed by atoms with Gasteiger partial charge in [-0.1, -0.05) is 18.2 Å². The second-order valence-corrected chi connectivity index (χ2v) is 4.27. The quantitative estimate of drug-likeness (QED) is 0.768. The molecule has 6 N–H and O–H groups in total. The molecule has 2 heterocycles. The summed E-state index contributed by atoms with van der Waals surface area (Å²) in [5.74, 6) is -0.239. The number of pyridine rings is 1. The van der Waals surface area contributed by atoms with Gasteiger partial charge >= 0.3 is 0 Å². The number of hydrogen-bond acceptors (Lipinski definition) is 3. The Bertz CT molecular complexity index is 722. The molecule has 0 aliphatic carbocycles. The molecular weight excluding hydrogens is 257 g/mol. The largest absolute Gasteiger partial charge is 0.369 e. The van der Waals surface area contributed by atoms with Gasteiger partial charge in [0, 0.05) is 23.7 Å². The molecule has 1 aromatic carbocycles. The van der Waals surface area contributed by atoms with Gasteiger partial charge in [0.15, 0.2) is 5.65 Å². The molecule has 3 rings (SSSR count). The van der Waals surface area contributed by atoms with E-state index in [1.54, 1.807) is 29.1 Å². The van der Waals surface area contributed by atoms with Crippen LogP contribution in [0.25, 0.3) is 11.0 Å². The molecule has 3 aromatic rings. The second-order valence-electron chi connectivity index (χ2n) is 4.27. The summed E-state index contributed by atoms with van der Waals surface area (Å²) in [5, 5.41) is 5.32. The molecule has 0 amide bonds. The molecule has 0 aliphatic rings. The van der Waals surface area contributed by atoms with Crippen LogP contribution < -0.4 is 11.9 Å². The molecule has 0 aliphatic heterocycles. The maximum absolute atomic E-state index is 13.7. The van der Waals surface area contributed by atoms with Crippen molar-refractivity contribution in [3.8, 4) is 0 Å². The Morgan fingerprint density at radius 1 is 1.15 bits per heavy atom. The molecule has 0 saturated carbocycles. The predicted octanol–water partition coefficient (Wildman–Crippen LogP) is 2.45. The first kappa shape index (κ1) is 14.1. The molecule has 2 aromatic heterocycles. The average molecular weight is 274 g/mol. The maximum atomic E-state index is 13.7. The average Bonchev–Trinajstić information content (AvgIpc) is 2.80. The minimum atomic E-state index is -0.239. The van der Waals surface area contributed by atoms with Crippen molar-refractivity contribution in [1.82, 2.24) is 20.9 Å². The van der Waals surface area contributed by atoms with Gasteiger partial charge in [0.1, 0.15) is 5.82 Å². The maximum Gasteiger partial charge on any atom is 0.158 e. The molecule has 104 valence electrons.